The number of urea groups is 1. The van der Waals surface area contributed by atoms with Gasteiger partial charge < -0.3 is 9.47 Å². The zero-order valence-electron chi connectivity index (χ0n) is 20.8. The Hall–Kier alpha value is -3.16. The van der Waals surface area contributed by atoms with Gasteiger partial charge in [0.2, 0.25) is 0 Å². The molecule has 2 amide bonds. The maximum Gasteiger partial charge on any atom is 0.330 e. The summed E-state index contributed by atoms with van der Waals surface area (Å²) in [6.45, 7) is 7.92. The molecule has 0 saturated carbocycles. The van der Waals surface area contributed by atoms with Crippen LogP contribution >= 0.6 is 11.6 Å². The highest BCUT2D eigenvalue weighted by Gasteiger charge is 2.25. The van der Waals surface area contributed by atoms with Gasteiger partial charge in [-0.1, -0.05) is 48.9 Å². The second kappa shape index (κ2) is 13.1. The van der Waals surface area contributed by atoms with Crippen LogP contribution in [0.4, 0.5) is 16.3 Å². The minimum absolute atomic E-state index is 0.259. The van der Waals surface area contributed by atoms with Gasteiger partial charge in [0.15, 0.2) is 5.82 Å². The van der Waals surface area contributed by atoms with Crippen LogP contribution in [-0.2, 0) is 17.6 Å². The van der Waals surface area contributed by atoms with Crippen LogP contribution in [0.25, 0.3) is 0 Å². The molecule has 3 aromatic rings. The van der Waals surface area contributed by atoms with Crippen molar-refractivity contribution in [2.45, 2.75) is 33.6 Å². The zero-order valence-corrected chi connectivity index (χ0v) is 21.6. The Morgan fingerprint density at radius 1 is 1.06 bits per heavy atom. The maximum atomic E-state index is 13.5. The number of para-hydroxylation sites is 1. The fourth-order valence-electron chi connectivity index (χ4n) is 3.68. The summed E-state index contributed by atoms with van der Waals surface area (Å²) in [6, 6.07) is 15.3. The summed E-state index contributed by atoms with van der Waals surface area (Å²) in [5, 5.41) is 0.375. The predicted octanol–water partition coefficient (Wildman–Crippen LogP) is 5.72. The third-order valence-corrected chi connectivity index (χ3v) is 6.03. The highest BCUT2D eigenvalue weighted by molar-refractivity contribution is 6.34. The van der Waals surface area contributed by atoms with Gasteiger partial charge in [-0.3, -0.25) is 9.80 Å². The minimum Gasteiger partial charge on any atom is -0.491 e. The largest absolute Gasteiger partial charge is 0.491 e. The Balaban J connectivity index is 1.77. The van der Waals surface area contributed by atoms with E-state index in [0.29, 0.717) is 36.2 Å². The van der Waals surface area contributed by atoms with Crippen LogP contribution in [0.1, 0.15) is 30.7 Å². The van der Waals surface area contributed by atoms with E-state index in [0.717, 1.165) is 23.4 Å². The minimum atomic E-state index is -0.259. The first-order valence-electron chi connectivity index (χ1n) is 11.9. The summed E-state index contributed by atoms with van der Waals surface area (Å²) in [5.74, 6) is 1.15. The van der Waals surface area contributed by atoms with Crippen molar-refractivity contribution in [2.75, 3.05) is 43.2 Å². The van der Waals surface area contributed by atoms with Crippen molar-refractivity contribution >= 4 is 29.1 Å². The lowest BCUT2D eigenvalue weighted by atomic mass is 10.1. The molecule has 0 unspecified atom stereocenters. The molecule has 3 rings (SSSR count). The van der Waals surface area contributed by atoms with Gasteiger partial charge >= 0.3 is 6.03 Å². The Bertz CT molecular complexity index is 1110. The van der Waals surface area contributed by atoms with E-state index in [1.165, 1.54) is 11.9 Å². The standard InChI is InChI=1S/C27H33ClN4O3/c1-5-23-25(28)26(30-19-29-23)32(27(33)31(4)22-10-8-7-9-11-22)15-17-35-24-13-12-21(18-20(24)3)14-16-34-6-2/h7-13,18-19H,5-6,14-17H2,1-4H3. The quantitative estimate of drug-likeness (QED) is 0.317. The third kappa shape index (κ3) is 6.93. The van der Waals surface area contributed by atoms with Gasteiger partial charge in [-0.15, -0.1) is 0 Å². The Kier molecular flexibility index (Phi) is 9.87. The van der Waals surface area contributed by atoms with Gasteiger partial charge in [0.1, 0.15) is 23.7 Å². The predicted molar refractivity (Wildman–Crippen MR) is 141 cm³/mol. The average Bonchev–Trinajstić information content (AvgIpc) is 2.88. The monoisotopic (exact) mass is 496 g/mol. The lowest BCUT2D eigenvalue weighted by Crippen LogP contribution is -2.44. The molecule has 186 valence electrons. The molecule has 0 saturated heterocycles. The molecule has 8 heteroatoms. The molecular weight excluding hydrogens is 464 g/mol. The molecule has 0 aliphatic carbocycles. The van der Waals surface area contributed by atoms with Crippen LogP contribution in [0.2, 0.25) is 5.02 Å². The van der Waals surface area contributed by atoms with Gasteiger partial charge in [0, 0.05) is 19.3 Å². The summed E-state index contributed by atoms with van der Waals surface area (Å²) < 4.78 is 11.5. The smallest absolute Gasteiger partial charge is 0.330 e. The van der Waals surface area contributed by atoms with Crippen LogP contribution in [0.5, 0.6) is 5.75 Å². The van der Waals surface area contributed by atoms with Crippen molar-refractivity contribution in [1.82, 2.24) is 9.97 Å². The van der Waals surface area contributed by atoms with E-state index in [1.807, 2.05) is 63.2 Å². The SMILES string of the molecule is CCOCCc1ccc(OCCN(C(=O)N(C)c2ccccc2)c2ncnc(CC)c2Cl)c(C)c1. The number of anilines is 2. The number of carbonyl (C=O) groups excluding carboxylic acids is 1. The number of aromatic nitrogens is 2. The first-order chi connectivity index (χ1) is 17.0. The van der Waals surface area contributed by atoms with Crippen LogP contribution in [0.15, 0.2) is 54.9 Å². The second-order valence-corrected chi connectivity index (χ2v) is 8.41. The lowest BCUT2D eigenvalue weighted by Gasteiger charge is -2.28. The van der Waals surface area contributed by atoms with E-state index in [1.54, 1.807) is 16.8 Å². The lowest BCUT2D eigenvalue weighted by molar-refractivity contribution is 0.151. The first kappa shape index (κ1) is 26.4. The fraction of sp³-hybridized carbons (Fsp3) is 0.370. The van der Waals surface area contributed by atoms with E-state index >= 15 is 0 Å². The van der Waals surface area contributed by atoms with Gasteiger partial charge in [-0.25, -0.2) is 14.8 Å². The number of carbonyl (C=O) groups is 1. The molecule has 0 aliphatic rings. The molecular formula is C27H33ClN4O3. The molecule has 35 heavy (non-hydrogen) atoms. The van der Waals surface area contributed by atoms with Crippen molar-refractivity contribution in [3.05, 3.63) is 76.7 Å². The molecule has 0 fully saturated rings. The molecule has 0 N–H and O–H groups in total. The summed E-state index contributed by atoms with van der Waals surface area (Å²) in [5.41, 5.74) is 3.69. The molecule has 2 aromatic carbocycles. The van der Waals surface area contributed by atoms with Crippen molar-refractivity contribution in [2.24, 2.45) is 0 Å². The second-order valence-electron chi connectivity index (χ2n) is 8.04. The molecule has 0 spiro atoms. The van der Waals surface area contributed by atoms with Crippen LogP contribution in [0.3, 0.4) is 0 Å². The van der Waals surface area contributed by atoms with E-state index in [2.05, 4.69) is 16.0 Å². The highest BCUT2D eigenvalue weighted by Crippen LogP contribution is 2.28. The Morgan fingerprint density at radius 2 is 1.83 bits per heavy atom. The Labute approximate surface area is 212 Å². The number of aryl methyl sites for hydroxylation is 2. The molecule has 7 nitrogen and oxygen atoms in total. The number of benzene rings is 2. The average molecular weight is 497 g/mol. The maximum absolute atomic E-state index is 13.5. The Morgan fingerprint density at radius 3 is 2.51 bits per heavy atom. The van der Waals surface area contributed by atoms with Crippen molar-refractivity contribution in [3.63, 3.8) is 0 Å². The molecule has 0 aliphatic heterocycles. The molecule has 0 radical (unpaired) electrons. The zero-order chi connectivity index (χ0) is 25.2. The molecule has 1 heterocycles. The number of ether oxygens (including phenoxy) is 2. The fourth-order valence-corrected chi connectivity index (χ4v) is 4.01. The van der Waals surface area contributed by atoms with Crippen molar-refractivity contribution in [3.8, 4) is 5.75 Å². The highest BCUT2D eigenvalue weighted by atomic mass is 35.5. The van der Waals surface area contributed by atoms with Crippen molar-refractivity contribution < 1.29 is 14.3 Å². The topological polar surface area (TPSA) is 67.8 Å². The number of hydrogen-bond acceptors (Lipinski definition) is 5. The number of rotatable bonds is 11. The van der Waals surface area contributed by atoms with Gasteiger partial charge in [-0.2, -0.15) is 0 Å². The molecule has 0 atom stereocenters. The molecule has 1 aromatic heterocycles. The van der Waals surface area contributed by atoms with E-state index in [-0.39, 0.29) is 19.2 Å². The van der Waals surface area contributed by atoms with E-state index < -0.39 is 0 Å². The normalized spacial score (nSPS) is 10.8. The number of amides is 2. The van der Waals surface area contributed by atoms with Crippen molar-refractivity contribution in [1.29, 1.82) is 0 Å². The van der Waals surface area contributed by atoms with E-state index in [4.69, 9.17) is 21.1 Å². The number of halogens is 1. The van der Waals surface area contributed by atoms with Gasteiger partial charge in [0.05, 0.1) is 18.8 Å². The number of hydrogen-bond donors (Lipinski definition) is 0. The first-order valence-corrected chi connectivity index (χ1v) is 12.2. The summed E-state index contributed by atoms with van der Waals surface area (Å²) in [6.07, 6.45) is 2.93. The summed E-state index contributed by atoms with van der Waals surface area (Å²) >= 11 is 6.60. The van der Waals surface area contributed by atoms with Gasteiger partial charge in [0.25, 0.3) is 0 Å². The van der Waals surface area contributed by atoms with Crippen LogP contribution in [0, 0.1) is 6.92 Å². The van der Waals surface area contributed by atoms with E-state index in [9.17, 15) is 4.79 Å². The molecule has 0 bridgehead atoms. The summed E-state index contributed by atoms with van der Waals surface area (Å²) in [4.78, 5) is 25.2. The third-order valence-electron chi connectivity index (χ3n) is 5.65. The van der Waals surface area contributed by atoms with Crippen LogP contribution in [-0.4, -0.2) is 49.4 Å². The van der Waals surface area contributed by atoms with Crippen LogP contribution < -0.4 is 14.5 Å². The summed E-state index contributed by atoms with van der Waals surface area (Å²) in [7, 11) is 1.73. The number of nitrogens with zero attached hydrogens (tertiary/aromatic N) is 4. The van der Waals surface area contributed by atoms with Gasteiger partial charge in [-0.05, 0) is 56.0 Å².